The van der Waals surface area contributed by atoms with Crippen LogP contribution >= 0.6 is 15.9 Å². The highest BCUT2D eigenvalue weighted by Gasteiger charge is 2.23. The van der Waals surface area contributed by atoms with Crippen LogP contribution in [0.3, 0.4) is 0 Å². The van der Waals surface area contributed by atoms with E-state index in [-0.39, 0.29) is 18.4 Å². The van der Waals surface area contributed by atoms with Gasteiger partial charge in [0, 0.05) is 37.4 Å². The van der Waals surface area contributed by atoms with Gasteiger partial charge in [-0.25, -0.2) is 0 Å². The second kappa shape index (κ2) is 6.43. The van der Waals surface area contributed by atoms with E-state index < -0.39 is 0 Å². The highest BCUT2D eigenvalue weighted by molar-refractivity contribution is 9.10. The van der Waals surface area contributed by atoms with Crippen molar-refractivity contribution in [3.8, 4) is 0 Å². The molecule has 0 unspecified atom stereocenters. The first kappa shape index (κ1) is 15.1. The molecule has 0 atom stereocenters. The Bertz CT molecular complexity index is 507. The highest BCUT2D eigenvalue weighted by Crippen LogP contribution is 2.16. The summed E-state index contributed by atoms with van der Waals surface area (Å²) in [5.74, 6) is -0.0860. The zero-order chi connectivity index (χ0) is 14.7. The van der Waals surface area contributed by atoms with Gasteiger partial charge in [0.15, 0.2) is 0 Å². The summed E-state index contributed by atoms with van der Waals surface area (Å²) in [5.41, 5.74) is 0.607. The normalized spacial score (nSPS) is 14.7. The van der Waals surface area contributed by atoms with Crippen LogP contribution in [0.1, 0.15) is 30.3 Å². The maximum Gasteiger partial charge on any atom is 0.270 e. The molecule has 0 aliphatic carbocycles. The molecule has 1 aromatic heterocycles. The maximum atomic E-state index is 12.4. The molecule has 0 spiro atoms. The summed E-state index contributed by atoms with van der Waals surface area (Å²) in [6.45, 7) is 4.49. The van der Waals surface area contributed by atoms with Crippen molar-refractivity contribution in [3.63, 3.8) is 0 Å². The predicted molar refractivity (Wildman–Crippen MR) is 80.6 cm³/mol. The minimum Gasteiger partial charge on any atom is -0.343 e. The molecule has 6 heteroatoms. The van der Waals surface area contributed by atoms with E-state index in [0.717, 1.165) is 36.9 Å². The van der Waals surface area contributed by atoms with Gasteiger partial charge in [-0.2, -0.15) is 0 Å². The molecule has 1 aliphatic heterocycles. The van der Waals surface area contributed by atoms with Gasteiger partial charge in [-0.05, 0) is 41.8 Å². The number of halogens is 1. The number of hydrogen-bond acceptors (Lipinski definition) is 2. The molecule has 0 saturated carbocycles. The van der Waals surface area contributed by atoms with E-state index in [1.165, 1.54) is 4.90 Å². The van der Waals surface area contributed by atoms with Crippen molar-refractivity contribution in [3.05, 3.63) is 22.4 Å². The first-order valence-electron chi connectivity index (χ1n) is 6.92. The van der Waals surface area contributed by atoms with Crippen LogP contribution in [0.4, 0.5) is 0 Å². The zero-order valence-corrected chi connectivity index (χ0v) is 13.5. The molecular formula is C14H20BrN3O2. The van der Waals surface area contributed by atoms with Crippen LogP contribution in [0.2, 0.25) is 0 Å². The van der Waals surface area contributed by atoms with E-state index in [1.54, 1.807) is 13.1 Å². The molecule has 5 nitrogen and oxygen atoms in total. The molecular weight excluding hydrogens is 322 g/mol. The molecule has 2 amide bonds. The molecule has 2 heterocycles. The molecule has 20 heavy (non-hydrogen) atoms. The Morgan fingerprint density at radius 3 is 2.60 bits per heavy atom. The molecule has 2 rings (SSSR count). The Hall–Kier alpha value is -1.30. The molecule has 0 bridgehead atoms. The summed E-state index contributed by atoms with van der Waals surface area (Å²) < 4.78 is 2.76. The van der Waals surface area contributed by atoms with Gasteiger partial charge in [0.1, 0.15) is 5.69 Å². The van der Waals surface area contributed by atoms with Gasteiger partial charge in [0.05, 0.1) is 6.54 Å². The van der Waals surface area contributed by atoms with Crippen LogP contribution in [0.25, 0.3) is 0 Å². The summed E-state index contributed by atoms with van der Waals surface area (Å²) in [5, 5.41) is 0. The smallest absolute Gasteiger partial charge is 0.270 e. The van der Waals surface area contributed by atoms with Gasteiger partial charge < -0.3 is 14.4 Å². The summed E-state index contributed by atoms with van der Waals surface area (Å²) in [4.78, 5) is 27.8. The number of amides is 2. The quantitative estimate of drug-likeness (QED) is 0.840. The van der Waals surface area contributed by atoms with Crippen molar-refractivity contribution in [1.82, 2.24) is 14.4 Å². The van der Waals surface area contributed by atoms with Crippen LogP contribution in [-0.4, -0.2) is 52.9 Å². The molecule has 0 N–H and O–H groups in total. The van der Waals surface area contributed by atoms with Gasteiger partial charge in [-0.3, -0.25) is 9.59 Å². The monoisotopic (exact) mass is 341 g/mol. The number of likely N-dealkylation sites (N-methyl/N-ethyl adjacent to an activating group) is 1. The topological polar surface area (TPSA) is 45.6 Å². The predicted octanol–water partition coefficient (Wildman–Crippen LogP) is 1.96. The number of rotatable bonds is 4. The Morgan fingerprint density at radius 2 is 2.00 bits per heavy atom. The second-order valence-corrected chi connectivity index (χ2v) is 5.99. The minimum absolute atomic E-state index is 0.0343. The summed E-state index contributed by atoms with van der Waals surface area (Å²) in [6.07, 6.45) is 4.01. The summed E-state index contributed by atoms with van der Waals surface area (Å²) >= 11 is 3.38. The number of carbonyl (C=O) groups excluding carboxylic acids is 2. The fourth-order valence-corrected chi connectivity index (χ4v) is 2.92. The zero-order valence-electron chi connectivity index (χ0n) is 11.9. The molecule has 1 aliphatic rings. The largest absolute Gasteiger partial charge is 0.343 e. The number of carbonyl (C=O) groups is 2. The van der Waals surface area contributed by atoms with Crippen LogP contribution in [0.5, 0.6) is 0 Å². The molecule has 0 aromatic carbocycles. The van der Waals surface area contributed by atoms with Crippen LogP contribution in [0.15, 0.2) is 16.7 Å². The number of hydrogen-bond donors (Lipinski definition) is 0. The number of aromatic nitrogens is 1. The first-order valence-corrected chi connectivity index (χ1v) is 7.71. The van der Waals surface area contributed by atoms with Crippen molar-refractivity contribution < 1.29 is 9.59 Å². The fourth-order valence-electron chi connectivity index (χ4n) is 2.45. The molecule has 110 valence electrons. The Labute approximate surface area is 127 Å². The van der Waals surface area contributed by atoms with Crippen LogP contribution in [-0.2, 0) is 11.3 Å². The number of likely N-dealkylation sites (tertiary alicyclic amines) is 1. The molecule has 1 fully saturated rings. The minimum atomic E-state index is -0.120. The number of nitrogens with zero attached hydrogens (tertiary/aromatic N) is 3. The van der Waals surface area contributed by atoms with Crippen LogP contribution in [0, 0.1) is 0 Å². The van der Waals surface area contributed by atoms with Gasteiger partial charge >= 0.3 is 0 Å². The highest BCUT2D eigenvalue weighted by atomic mass is 79.9. The lowest BCUT2D eigenvalue weighted by molar-refractivity contribution is -0.130. The lowest BCUT2D eigenvalue weighted by atomic mass is 10.3. The van der Waals surface area contributed by atoms with Crippen molar-refractivity contribution in [1.29, 1.82) is 0 Å². The Balaban J connectivity index is 2.02. The van der Waals surface area contributed by atoms with E-state index in [2.05, 4.69) is 15.9 Å². The van der Waals surface area contributed by atoms with E-state index in [0.29, 0.717) is 5.69 Å². The standard InChI is InChI=1S/C14H20BrN3O2/c1-3-17-9-11(15)8-12(17)14(20)16(2)10-13(19)18-6-4-5-7-18/h8-9H,3-7,10H2,1-2H3. The first-order chi connectivity index (χ1) is 9.52. The SMILES string of the molecule is CCn1cc(Br)cc1C(=O)N(C)CC(=O)N1CCCC1. The lowest BCUT2D eigenvalue weighted by Crippen LogP contribution is -2.40. The van der Waals surface area contributed by atoms with Crippen molar-refractivity contribution in [2.45, 2.75) is 26.3 Å². The maximum absolute atomic E-state index is 12.4. The molecule has 1 aromatic rings. The van der Waals surface area contributed by atoms with Crippen molar-refractivity contribution in [2.24, 2.45) is 0 Å². The van der Waals surface area contributed by atoms with E-state index in [4.69, 9.17) is 0 Å². The van der Waals surface area contributed by atoms with E-state index in [1.807, 2.05) is 22.6 Å². The second-order valence-electron chi connectivity index (χ2n) is 5.08. The third-order valence-electron chi connectivity index (χ3n) is 3.60. The van der Waals surface area contributed by atoms with E-state index >= 15 is 0 Å². The van der Waals surface area contributed by atoms with Gasteiger partial charge in [0.25, 0.3) is 5.91 Å². The van der Waals surface area contributed by atoms with Crippen molar-refractivity contribution >= 4 is 27.7 Å². The summed E-state index contributed by atoms with van der Waals surface area (Å²) in [6, 6.07) is 1.79. The van der Waals surface area contributed by atoms with Gasteiger partial charge in [-0.1, -0.05) is 0 Å². The summed E-state index contributed by atoms with van der Waals surface area (Å²) in [7, 11) is 1.68. The average molecular weight is 342 g/mol. The lowest BCUT2D eigenvalue weighted by Gasteiger charge is -2.21. The van der Waals surface area contributed by atoms with E-state index in [9.17, 15) is 9.59 Å². The third-order valence-corrected chi connectivity index (χ3v) is 4.03. The van der Waals surface area contributed by atoms with Gasteiger partial charge in [-0.15, -0.1) is 0 Å². The average Bonchev–Trinajstić information content (AvgIpc) is 3.06. The van der Waals surface area contributed by atoms with Crippen molar-refractivity contribution in [2.75, 3.05) is 26.7 Å². The fraction of sp³-hybridized carbons (Fsp3) is 0.571. The van der Waals surface area contributed by atoms with Gasteiger partial charge in [0.2, 0.25) is 5.91 Å². The van der Waals surface area contributed by atoms with Crippen LogP contribution < -0.4 is 0 Å². The Morgan fingerprint density at radius 1 is 1.35 bits per heavy atom. The molecule has 0 radical (unpaired) electrons. The Kier molecular flexibility index (Phi) is 4.86. The third kappa shape index (κ3) is 3.23. The molecule has 1 saturated heterocycles. The number of aryl methyl sites for hydroxylation is 1.